The second kappa shape index (κ2) is 5.51. The Morgan fingerprint density at radius 3 is 2.37 bits per heavy atom. The Balaban J connectivity index is 2.97. The molecule has 0 saturated carbocycles. The van der Waals surface area contributed by atoms with E-state index in [9.17, 15) is 8.42 Å². The van der Waals surface area contributed by atoms with Crippen LogP contribution in [-0.4, -0.2) is 25.5 Å². The van der Waals surface area contributed by atoms with Gasteiger partial charge in [0, 0.05) is 18.8 Å². The van der Waals surface area contributed by atoms with Crippen molar-refractivity contribution < 1.29 is 8.42 Å². The van der Waals surface area contributed by atoms with Gasteiger partial charge >= 0.3 is 0 Å². The third-order valence-electron chi connectivity index (χ3n) is 2.99. The summed E-state index contributed by atoms with van der Waals surface area (Å²) in [5.41, 5.74) is 7.03. The fraction of sp³-hybridized carbons (Fsp3) is 0.571. The summed E-state index contributed by atoms with van der Waals surface area (Å²) in [7, 11) is -1.67. The van der Waals surface area contributed by atoms with Crippen molar-refractivity contribution in [2.45, 2.75) is 33.7 Å². The molecule has 0 aromatic heterocycles. The van der Waals surface area contributed by atoms with Gasteiger partial charge in [0.15, 0.2) is 0 Å². The molecule has 0 aliphatic carbocycles. The first kappa shape index (κ1) is 16.0. The zero-order valence-electron chi connectivity index (χ0n) is 12.3. The Hall–Kier alpha value is -1.07. The van der Waals surface area contributed by atoms with Gasteiger partial charge in [0.2, 0.25) is 10.0 Å². The molecule has 0 spiro atoms. The van der Waals surface area contributed by atoms with Gasteiger partial charge in [-0.1, -0.05) is 32.9 Å². The van der Waals surface area contributed by atoms with Crippen LogP contribution in [0.1, 0.15) is 39.3 Å². The summed E-state index contributed by atoms with van der Waals surface area (Å²) in [6.07, 6.45) is 0. The van der Waals surface area contributed by atoms with E-state index in [1.54, 1.807) is 13.1 Å². The molecule has 1 atom stereocenters. The molecule has 0 fully saturated rings. The Morgan fingerprint density at radius 1 is 1.32 bits per heavy atom. The molecule has 0 amide bonds. The Bertz CT molecular complexity index is 533. The minimum Gasteiger partial charge on any atom is -0.399 e. The maximum absolute atomic E-state index is 12.3. The molecular weight excluding hydrogens is 260 g/mol. The molecule has 0 aliphatic heterocycles. The van der Waals surface area contributed by atoms with E-state index in [4.69, 9.17) is 5.73 Å². The van der Waals surface area contributed by atoms with Gasteiger partial charge in [-0.05, 0) is 30.0 Å². The lowest BCUT2D eigenvalue weighted by Crippen LogP contribution is -2.35. The number of nitrogen functional groups attached to an aromatic ring is 1. The van der Waals surface area contributed by atoms with E-state index >= 15 is 0 Å². The number of hydrogen-bond donors (Lipinski definition) is 1. The van der Waals surface area contributed by atoms with Gasteiger partial charge in [0.05, 0.1) is 5.75 Å². The summed E-state index contributed by atoms with van der Waals surface area (Å²) in [6.45, 7) is 7.63. The summed E-state index contributed by atoms with van der Waals surface area (Å²) < 4.78 is 26.1. The number of rotatable bonds is 4. The molecule has 1 aromatic rings. The maximum Gasteiger partial charge on any atom is 0.214 e. The highest BCUT2D eigenvalue weighted by Gasteiger charge is 2.29. The maximum atomic E-state index is 12.3. The van der Waals surface area contributed by atoms with Gasteiger partial charge in [-0.25, -0.2) is 8.42 Å². The molecular formula is C14H24N2O2S. The second-order valence-corrected chi connectivity index (χ2v) is 8.21. The molecule has 0 aliphatic rings. The van der Waals surface area contributed by atoms with Crippen LogP contribution in [0.15, 0.2) is 24.3 Å². The number of nitrogens with two attached hydrogens (primary N) is 1. The third-order valence-corrected chi connectivity index (χ3v) is 5.42. The molecule has 1 rings (SSSR count). The Kier molecular flexibility index (Phi) is 4.63. The molecule has 0 saturated heterocycles. The largest absolute Gasteiger partial charge is 0.399 e. The molecule has 1 unspecified atom stereocenters. The molecule has 19 heavy (non-hydrogen) atoms. The number of hydrogen-bond acceptors (Lipinski definition) is 3. The lowest BCUT2D eigenvalue weighted by molar-refractivity contribution is 0.378. The topological polar surface area (TPSA) is 63.4 Å². The standard InChI is InChI=1S/C14H24N2O2S/c1-11(12-7-6-8-13(15)9-12)16(5)19(17,18)10-14(2,3)4/h6-9,11H,10,15H2,1-5H3. The van der Waals surface area contributed by atoms with Crippen LogP contribution in [0.4, 0.5) is 5.69 Å². The third kappa shape index (κ3) is 4.51. The minimum atomic E-state index is -3.29. The van der Waals surface area contributed by atoms with Crippen LogP contribution in [-0.2, 0) is 10.0 Å². The highest BCUT2D eigenvalue weighted by atomic mass is 32.2. The Labute approximate surface area is 116 Å². The molecule has 2 N–H and O–H groups in total. The summed E-state index contributed by atoms with van der Waals surface area (Å²) in [5.74, 6) is 0.128. The quantitative estimate of drug-likeness (QED) is 0.864. The van der Waals surface area contributed by atoms with E-state index in [-0.39, 0.29) is 17.2 Å². The molecule has 108 valence electrons. The van der Waals surface area contributed by atoms with Gasteiger partial charge < -0.3 is 5.73 Å². The van der Waals surface area contributed by atoms with Crippen LogP contribution in [0.2, 0.25) is 0 Å². The number of sulfonamides is 1. The Morgan fingerprint density at radius 2 is 1.89 bits per heavy atom. The van der Waals surface area contributed by atoms with Gasteiger partial charge in [-0.15, -0.1) is 0 Å². The number of anilines is 1. The van der Waals surface area contributed by atoms with E-state index in [0.717, 1.165) is 5.56 Å². The predicted octanol–water partition coefficient (Wildman–Crippen LogP) is 2.64. The lowest BCUT2D eigenvalue weighted by Gasteiger charge is -2.28. The van der Waals surface area contributed by atoms with Crippen LogP contribution in [0.25, 0.3) is 0 Å². The zero-order chi connectivity index (χ0) is 14.8. The minimum absolute atomic E-state index is 0.128. The highest BCUT2D eigenvalue weighted by Crippen LogP contribution is 2.26. The normalized spacial score (nSPS) is 14.6. The van der Waals surface area contributed by atoms with Crippen molar-refractivity contribution in [1.29, 1.82) is 0 Å². The van der Waals surface area contributed by atoms with Crippen molar-refractivity contribution in [3.05, 3.63) is 29.8 Å². The summed E-state index contributed by atoms with van der Waals surface area (Å²) in [6, 6.07) is 7.11. The molecule has 0 bridgehead atoms. The number of nitrogens with zero attached hydrogens (tertiary/aromatic N) is 1. The van der Waals surface area contributed by atoms with Crippen LogP contribution in [0, 0.1) is 5.41 Å². The van der Waals surface area contributed by atoms with Crippen LogP contribution in [0.5, 0.6) is 0 Å². The van der Waals surface area contributed by atoms with E-state index in [1.807, 2.05) is 45.9 Å². The first-order valence-corrected chi connectivity index (χ1v) is 7.95. The van der Waals surface area contributed by atoms with Crippen molar-refractivity contribution in [3.8, 4) is 0 Å². The monoisotopic (exact) mass is 284 g/mol. The van der Waals surface area contributed by atoms with Gasteiger partial charge in [0.1, 0.15) is 0 Å². The fourth-order valence-corrected chi connectivity index (χ4v) is 3.82. The van der Waals surface area contributed by atoms with Crippen molar-refractivity contribution in [1.82, 2.24) is 4.31 Å². The van der Waals surface area contributed by atoms with E-state index in [1.165, 1.54) is 4.31 Å². The predicted molar refractivity (Wildman–Crippen MR) is 80.3 cm³/mol. The molecule has 5 heteroatoms. The summed E-state index contributed by atoms with van der Waals surface area (Å²) in [5, 5.41) is 0. The average molecular weight is 284 g/mol. The smallest absolute Gasteiger partial charge is 0.214 e. The van der Waals surface area contributed by atoms with E-state index < -0.39 is 10.0 Å². The van der Waals surface area contributed by atoms with E-state index in [0.29, 0.717) is 5.69 Å². The van der Waals surface area contributed by atoms with Crippen LogP contribution in [0.3, 0.4) is 0 Å². The first-order chi connectivity index (χ1) is 8.53. The lowest BCUT2D eigenvalue weighted by atomic mass is 10.0. The highest BCUT2D eigenvalue weighted by molar-refractivity contribution is 7.89. The summed E-state index contributed by atoms with van der Waals surface area (Å²) >= 11 is 0. The number of benzene rings is 1. The molecule has 0 radical (unpaired) electrons. The summed E-state index contributed by atoms with van der Waals surface area (Å²) in [4.78, 5) is 0. The second-order valence-electron chi connectivity index (χ2n) is 6.18. The fourth-order valence-electron chi connectivity index (χ4n) is 1.92. The average Bonchev–Trinajstić information content (AvgIpc) is 2.23. The van der Waals surface area contributed by atoms with Gasteiger partial charge in [-0.2, -0.15) is 4.31 Å². The molecule has 1 aromatic carbocycles. The molecule has 0 heterocycles. The zero-order valence-corrected chi connectivity index (χ0v) is 13.2. The SMILES string of the molecule is CC(c1cccc(N)c1)N(C)S(=O)(=O)CC(C)(C)C. The first-order valence-electron chi connectivity index (χ1n) is 6.34. The van der Waals surface area contributed by atoms with E-state index in [2.05, 4.69) is 0 Å². The van der Waals surface area contributed by atoms with Gasteiger partial charge in [0.25, 0.3) is 0 Å². The van der Waals surface area contributed by atoms with Crippen molar-refractivity contribution >= 4 is 15.7 Å². The van der Waals surface area contributed by atoms with Crippen molar-refractivity contribution in [3.63, 3.8) is 0 Å². The van der Waals surface area contributed by atoms with Gasteiger partial charge in [-0.3, -0.25) is 0 Å². The van der Waals surface area contributed by atoms with Crippen molar-refractivity contribution in [2.75, 3.05) is 18.5 Å². The van der Waals surface area contributed by atoms with Crippen molar-refractivity contribution in [2.24, 2.45) is 5.41 Å². The van der Waals surface area contributed by atoms with Crippen LogP contribution < -0.4 is 5.73 Å². The van der Waals surface area contributed by atoms with Crippen LogP contribution >= 0.6 is 0 Å². The molecule has 4 nitrogen and oxygen atoms in total.